The fraction of sp³-hybridized carbons (Fsp3) is 0.0526. The smallest absolute Gasteiger partial charge is 0.399 e. The van der Waals surface area contributed by atoms with E-state index in [1.54, 1.807) is 24.3 Å². The molecule has 0 radical (unpaired) electrons. The lowest BCUT2D eigenvalue weighted by atomic mass is 10.1. The van der Waals surface area contributed by atoms with E-state index < -0.39 is 11.7 Å². The highest BCUT2D eigenvalue weighted by atomic mass is 32.1. The van der Waals surface area contributed by atoms with E-state index in [0.29, 0.717) is 21.1 Å². The summed E-state index contributed by atoms with van der Waals surface area (Å²) >= 11 is 1.13. The number of aromatic nitrogens is 1. The number of carbonyl (C=O) groups excluding carboxylic acids is 1. The van der Waals surface area contributed by atoms with Gasteiger partial charge in [-0.3, -0.25) is 4.79 Å². The minimum atomic E-state index is -4.38. The Bertz CT molecular complexity index is 959. The second-order valence-corrected chi connectivity index (χ2v) is 6.50. The zero-order valence-corrected chi connectivity index (χ0v) is 14.1. The summed E-state index contributed by atoms with van der Waals surface area (Å²) in [5, 5.41) is 0.486. The lowest BCUT2D eigenvalue weighted by molar-refractivity contribution is -0.137. The third kappa shape index (κ3) is 4.18. The molecule has 0 aliphatic rings. The first kappa shape index (κ1) is 17.9. The zero-order chi connectivity index (χ0) is 18.7. The van der Waals surface area contributed by atoms with Gasteiger partial charge in [-0.2, -0.15) is 13.2 Å². The van der Waals surface area contributed by atoms with Crippen molar-refractivity contribution in [2.45, 2.75) is 6.18 Å². The number of hydrogen-bond donors (Lipinski definition) is 1. The molecule has 3 aromatic rings. The van der Waals surface area contributed by atoms with Gasteiger partial charge in [-0.25, -0.2) is 4.98 Å². The fourth-order valence-corrected chi connectivity index (χ4v) is 3.08. The van der Waals surface area contributed by atoms with E-state index in [1.807, 2.05) is 6.07 Å². The van der Waals surface area contributed by atoms with Gasteiger partial charge in [0.25, 0.3) is 0 Å². The van der Waals surface area contributed by atoms with Gasteiger partial charge in [0.2, 0.25) is 0 Å². The molecule has 3 nitrogen and oxygen atoms in total. The number of carbonyl (C=O) groups is 1. The number of anilines is 1. The molecule has 0 aliphatic heterocycles. The molecule has 0 spiro atoms. The van der Waals surface area contributed by atoms with E-state index in [1.165, 1.54) is 24.4 Å². The number of nitrogens with two attached hydrogens (primary N) is 1. The maximum absolute atomic E-state index is 12.6. The van der Waals surface area contributed by atoms with E-state index in [2.05, 4.69) is 4.98 Å². The topological polar surface area (TPSA) is 56.0 Å². The van der Waals surface area contributed by atoms with Crippen LogP contribution in [0.25, 0.3) is 16.6 Å². The highest BCUT2D eigenvalue weighted by Crippen LogP contribution is 2.32. The molecule has 0 saturated heterocycles. The van der Waals surface area contributed by atoms with Gasteiger partial charge in [0, 0.05) is 17.4 Å². The summed E-state index contributed by atoms with van der Waals surface area (Å²) in [4.78, 5) is 16.8. The van der Waals surface area contributed by atoms with Crippen LogP contribution in [0.5, 0.6) is 0 Å². The van der Waals surface area contributed by atoms with Crippen LogP contribution in [0.3, 0.4) is 0 Å². The molecule has 0 fully saturated rings. The number of benzene rings is 2. The van der Waals surface area contributed by atoms with Gasteiger partial charge in [0.15, 0.2) is 5.78 Å². The van der Waals surface area contributed by atoms with Gasteiger partial charge in [-0.1, -0.05) is 30.3 Å². The maximum Gasteiger partial charge on any atom is 0.416 e. The first-order valence-electron chi connectivity index (χ1n) is 7.54. The van der Waals surface area contributed by atoms with Crippen molar-refractivity contribution < 1.29 is 18.0 Å². The first-order valence-corrected chi connectivity index (χ1v) is 8.36. The lowest BCUT2D eigenvalue weighted by Gasteiger charge is -2.06. The first-order chi connectivity index (χ1) is 12.3. The van der Waals surface area contributed by atoms with Crippen LogP contribution < -0.4 is 5.73 Å². The van der Waals surface area contributed by atoms with E-state index in [0.717, 1.165) is 29.0 Å². The third-order valence-electron chi connectivity index (χ3n) is 3.55. The number of allylic oxidation sites excluding steroid dienone is 1. The SMILES string of the molecule is Nc1cccc(C=CC(=O)c2cnc(-c3ccc(C(F)(F)F)cc3)s2)c1. The number of ketones is 1. The van der Waals surface area contributed by atoms with Crippen molar-refractivity contribution in [1.29, 1.82) is 0 Å². The highest BCUT2D eigenvalue weighted by molar-refractivity contribution is 7.17. The van der Waals surface area contributed by atoms with Gasteiger partial charge in [-0.15, -0.1) is 11.3 Å². The quantitative estimate of drug-likeness (QED) is 0.383. The highest BCUT2D eigenvalue weighted by Gasteiger charge is 2.30. The summed E-state index contributed by atoms with van der Waals surface area (Å²) in [6.07, 6.45) is 0.104. The average Bonchev–Trinajstić information content (AvgIpc) is 3.09. The molecular formula is C19H13F3N2OS. The standard InChI is InChI=1S/C19H13F3N2OS/c20-19(21,22)14-7-5-13(6-8-14)18-24-11-17(26-18)16(25)9-4-12-2-1-3-15(23)10-12/h1-11H,23H2. The van der Waals surface area contributed by atoms with Crippen molar-refractivity contribution in [3.05, 3.63) is 76.8 Å². The Kier molecular flexibility index (Phi) is 4.90. The van der Waals surface area contributed by atoms with Crippen LogP contribution in [-0.2, 0) is 6.18 Å². The van der Waals surface area contributed by atoms with Crippen LogP contribution in [0.1, 0.15) is 20.8 Å². The Morgan fingerprint density at radius 3 is 2.50 bits per heavy atom. The lowest BCUT2D eigenvalue weighted by Crippen LogP contribution is -2.03. The van der Waals surface area contributed by atoms with Crippen molar-refractivity contribution in [3.8, 4) is 10.6 Å². The summed E-state index contributed by atoms with van der Waals surface area (Å²) in [6.45, 7) is 0. The normalized spacial score (nSPS) is 11.8. The van der Waals surface area contributed by atoms with Crippen molar-refractivity contribution in [1.82, 2.24) is 4.98 Å². The van der Waals surface area contributed by atoms with E-state index in [4.69, 9.17) is 5.73 Å². The van der Waals surface area contributed by atoms with Crippen molar-refractivity contribution >= 4 is 28.9 Å². The second kappa shape index (κ2) is 7.13. The summed E-state index contributed by atoms with van der Waals surface area (Å²) in [5.41, 5.74) is 6.89. The number of halogens is 3. The van der Waals surface area contributed by atoms with E-state index in [9.17, 15) is 18.0 Å². The molecular weight excluding hydrogens is 361 g/mol. The molecule has 0 bridgehead atoms. The minimum Gasteiger partial charge on any atom is -0.399 e. The van der Waals surface area contributed by atoms with E-state index >= 15 is 0 Å². The van der Waals surface area contributed by atoms with E-state index in [-0.39, 0.29) is 5.78 Å². The monoisotopic (exact) mass is 374 g/mol. The van der Waals surface area contributed by atoms with Crippen LogP contribution in [0.15, 0.2) is 60.8 Å². The zero-order valence-electron chi connectivity index (χ0n) is 13.3. The average molecular weight is 374 g/mol. The van der Waals surface area contributed by atoms with Gasteiger partial charge < -0.3 is 5.73 Å². The molecule has 0 atom stereocenters. The van der Waals surface area contributed by atoms with Gasteiger partial charge in [0.1, 0.15) is 5.01 Å². The van der Waals surface area contributed by atoms with Crippen LogP contribution in [0.4, 0.5) is 18.9 Å². The third-order valence-corrected chi connectivity index (χ3v) is 4.61. The molecule has 0 unspecified atom stereocenters. The molecule has 2 N–H and O–H groups in total. The van der Waals surface area contributed by atoms with Gasteiger partial charge in [-0.05, 0) is 35.9 Å². The second-order valence-electron chi connectivity index (χ2n) is 5.47. The summed E-state index contributed by atoms with van der Waals surface area (Å²) < 4.78 is 37.8. The predicted octanol–water partition coefficient (Wildman–Crippen LogP) is 5.31. The molecule has 1 aromatic heterocycles. The molecule has 132 valence electrons. The summed E-state index contributed by atoms with van der Waals surface area (Å²) in [6, 6.07) is 11.8. The Morgan fingerprint density at radius 2 is 1.85 bits per heavy atom. The number of nitrogen functional groups attached to an aromatic ring is 1. The number of alkyl halides is 3. The maximum atomic E-state index is 12.6. The number of rotatable bonds is 4. The van der Waals surface area contributed by atoms with Crippen molar-refractivity contribution in [2.75, 3.05) is 5.73 Å². The molecule has 1 heterocycles. The molecule has 0 aliphatic carbocycles. The largest absolute Gasteiger partial charge is 0.416 e. The molecule has 26 heavy (non-hydrogen) atoms. The van der Waals surface area contributed by atoms with Crippen molar-refractivity contribution in [2.24, 2.45) is 0 Å². The Labute approximate surface area is 151 Å². The molecule has 3 rings (SSSR count). The van der Waals surface area contributed by atoms with Gasteiger partial charge >= 0.3 is 6.18 Å². The Hall–Kier alpha value is -2.93. The Balaban J connectivity index is 1.76. The predicted molar refractivity (Wildman–Crippen MR) is 96.8 cm³/mol. The molecule has 7 heteroatoms. The number of thiazole rings is 1. The minimum absolute atomic E-state index is 0.233. The number of hydrogen-bond acceptors (Lipinski definition) is 4. The molecule has 2 aromatic carbocycles. The van der Waals surface area contributed by atoms with Crippen LogP contribution in [0.2, 0.25) is 0 Å². The fourth-order valence-electron chi connectivity index (χ4n) is 2.24. The van der Waals surface area contributed by atoms with Crippen molar-refractivity contribution in [3.63, 3.8) is 0 Å². The van der Waals surface area contributed by atoms with Gasteiger partial charge in [0.05, 0.1) is 10.4 Å². The molecule has 0 saturated carbocycles. The molecule has 0 amide bonds. The van der Waals surface area contributed by atoms with Crippen LogP contribution in [-0.4, -0.2) is 10.8 Å². The number of nitrogens with zero attached hydrogens (tertiary/aromatic N) is 1. The summed E-state index contributed by atoms with van der Waals surface area (Å²) in [7, 11) is 0. The van der Waals surface area contributed by atoms with Crippen LogP contribution >= 0.6 is 11.3 Å². The van der Waals surface area contributed by atoms with Crippen LogP contribution in [0, 0.1) is 0 Å². The Morgan fingerprint density at radius 1 is 1.12 bits per heavy atom. The summed E-state index contributed by atoms with van der Waals surface area (Å²) in [5.74, 6) is -0.233.